The molecule has 92 valence electrons. The molecular weight excluding hydrogens is 196 g/mol. The van der Waals surface area contributed by atoms with Gasteiger partial charge in [0.05, 0.1) is 5.60 Å². The average molecular weight is 222 g/mol. The fourth-order valence-corrected chi connectivity index (χ4v) is 5.57. The molecule has 1 unspecified atom stereocenters. The van der Waals surface area contributed by atoms with Crippen LogP contribution in [0.4, 0.5) is 0 Å². The van der Waals surface area contributed by atoms with Crippen LogP contribution in [0.15, 0.2) is 0 Å². The smallest absolute Gasteiger partial charge is 0.0656 e. The zero-order valence-corrected chi connectivity index (χ0v) is 11.2. The highest BCUT2D eigenvalue weighted by Crippen LogP contribution is 2.80. The van der Waals surface area contributed by atoms with Crippen LogP contribution in [0, 0.1) is 35.0 Å². The number of aliphatic hydroxyl groups is 1. The predicted octanol–water partition coefficient (Wildman–Crippen LogP) is 3.47. The molecule has 1 N–H and O–H groups in total. The van der Waals surface area contributed by atoms with Crippen LogP contribution < -0.4 is 0 Å². The van der Waals surface area contributed by atoms with E-state index in [1.807, 2.05) is 0 Å². The van der Waals surface area contributed by atoms with Crippen molar-refractivity contribution in [1.82, 2.24) is 0 Å². The summed E-state index contributed by atoms with van der Waals surface area (Å²) in [5, 5.41) is 10.5. The molecule has 0 aromatic rings. The Bertz CT molecular complexity index is 307. The zero-order chi connectivity index (χ0) is 11.7. The van der Waals surface area contributed by atoms with Crippen LogP contribution in [0.2, 0.25) is 0 Å². The summed E-state index contributed by atoms with van der Waals surface area (Å²) in [4.78, 5) is 0. The maximum Gasteiger partial charge on any atom is 0.0656 e. The number of hydrogen-bond donors (Lipinski definition) is 1. The van der Waals surface area contributed by atoms with Gasteiger partial charge in [0, 0.05) is 0 Å². The summed E-state index contributed by atoms with van der Waals surface area (Å²) in [5.74, 6) is 4.01. The van der Waals surface area contributed by atoms with Crippen LogP contribution in [0.1, 0.15) is 53.4 Å². The van der Waals surface area contributed by atoms with Gasteiger partial charge in [0.2, 0.25) is 0 Å². The largest absolute Gasteiger partial charge is 0.390 e. The SMILES string of the molecule is CC(C)[C@H]1CC[C@H](C)C23CC[C@](C)(O)[C@H]2[C@H]13. The third-order valence-corrected chi connectivity index (χ3v) is 6.35. The number of rotatable bonds is 1. The van der Waals surface area contributed by atoms with E-state index in [-0.39, 0.29) is 5.60 Å². The van der Waals surface area contributed by atoms with Crippen LogP contribution in [0.3, 0.4) is 0 Å². The minimum Gasteiger partial charge on any atom is -0.390 e. The highest BCUT2D eigenvalue weighted by Gasteiger charge is 2.77. The molecule has 0 aromatic heterocycles. The van der Waals surface area contributed by atoms with Crippen LogP contribution in [-0.4, -0.2) is 10.7 Å². The van der Waals surface area contributed by atoms with Gasteiger partial charge in [0.15, 0.2) is 0 Å². The molecule has 3 aliphatic rings. The van der Waals surface area contributed by atoms with E-state index in [0.717, 1.165) is 30.1 Å². The van der Waals surface area contributed by atoms with Gasteiger partial charge in [-0.3, -0.25) is 0 Å². The zero-order valence-electron chi connectivity index (χ0n) is 11.2. The van der Waals surface area contributed by atoms with E-state index >= 15 is 0 Å². The van der Waals surface area contributed by atoms with Gasteiger partial charge in [0.25, 0.3) is 0 Å². The van der Waals surface area contributed by atoms with Gasteiger partial charge in [-0.1, -0.05) is 20.8 Å². The molecule has 3 aliphatic carbocycles. The molecule has 0 heterocycles. The Morgan fingerprint density at radius 1 is 1.19 bits per heavy atom. The lowest BCUT2D eigenvalue weighted by molar-refractivity contribution is 0.0291. The van der Waals surface area contributed by atoms with Crippen molar-refractivity contribution in [2.75, 3.05) is 0 Å². The predicted molar refractivity (Wildman–Crippen MR) is 66.0 cm³/mol. The molecule has 1 spiro atoms. The minimum absolute atomic E-state index is 0.351. The van der Waals surface area contributed by atoms with Crippen LogP contribution in [0.25, 0.3) is 0 Å². The summed E-state index contributed by atoms with van der Waals surface area (Å²) in [5.41, 5.74) is 0.201. The molecule has 1 heteroatoms. The van der Waals surface area contributed by atoms with Crippen molar-refractivity contribution in [3.63, 3.8) is 0 Å². The monoisotopic (exact) mass is 222 g/mol. The van der Waals surface area contributed by atoms with Crippen LogP contribution >= 0.6 is 0 Å². The lowest BCUT2D eigenvalue weighted by Gasteiger charge is -2.36. The van der Waals surface area contributed by atoms with Crippen molar-refractivity contribution >= 4 is 0 Å². The van der Waals surface area contributed by atoms with Crippen molar-refractivity contribution in [1.29, 1.82) is 0 Å². The van der Waals surface area contributed by atoms with Crippen molar-refractivity contribution in [3.05, 3.63) is 0 Å². The Balaban J connectivity index is 1.92. The first-order valence-corrected chi connectivity index (χ1v) is 7.13. The van der Waals surface area contributed by atoms with E-state index in [2.05, 4.69) is 27.7 Å². The van der Waals surface area contributed by atoms with Crippen molar-refractivity contribution in [2.45, 2.75) is 59.0 Å². The standard InChI is InChI=1S/C15H26O/c1-9(2)11-6-5-10(3)15-8-7-14(4,16)13(15)12(11)15/h9-13,16H,5-8H2,1-4H3/t10-,11+,12-,13+,14-,15?/m0/s1. The molecule has 0 aromatic carbocycles. The fraction of sp³-hybridized carbons (Fsp3) is 1.00. The third kappa shape index (κ3) is 1.11. The molecule has 16 heavy (non-hydrogen) atoms. The summed E-state index contributed by atoms with van der Waals surface area (Å²) in [6.07, 6.45) is 5.13. The third-order valence-electron chi connectivity index (χ3n) is 6.35. The Hall–Kier alpha value is -0.0400. The Labute approximate surface area is 99.6 Å². The lowest BCUT2D eigenvalue weighted by Crippen LogP contribution is -2.30. The second-order valence-electron chi connectivity index (χ2n) is 7.36. The van der Waals surface area contributed by atoms with Gasteiger partial charge in [-0.05, 0) is 67.6 Å². The molecule has 0 bridgehead atoms. The minimum atomic E-state index is -0.351. The Morgan fingerprint density at radius 2 is 1.88 bits per heavy atom. The first-order valence-electron chi connectivity index (χ1n) is 7.13. The van der Waals surface area contributed by atoms with E-state index in [9.17, 15) is 5.11 Å². The molecule has 0 amide bonds. The highest BCUT2D eigenvalue weighted by atomic mass is 16.3. The molecule has 0 radical (unpaired) electrons. The molecule has 1 nitrogen and oxygen atoms in total. The molecular formula is C15H26O. The molecule has 6 atom stereocenters. The second-order valence-corrected chi connectivity index (χ2v) is 7.36. The van der Waals surface area contributed by atoms with Gasteiger partial charge >= 0.3 is 0 Å². The molecule has 0 saturated heterocycles. The lowest BCUT2D eigenvalue weighted by atomic mass is 9.69. The first-order chi connectivity index (χ1) is 7.41. The summed E-state index contributed by atoms with van der Waals surface area (Å²) < 4.78 is 0. The van der Waals surface area contributed by atoms with E-state index in [4.69, 9.17) is 0 Å². The molecule has 3 rings (SSSR count). The molecule has 3 saturated carbocycles. The van der Waals surface area contributed by atoms with Gasteiger partial charge in [0.1, 0.15) is 0 Å². The second kappa shape index (κ2) is 3.04. The van der Waals surface area contributed by atoms with Gasteiger partial charge in [-0.15, -0.1) is 0 Å². The molecule has 3 fully saturated rings. The normalized spacial score (nSPS) is 59.6. The van der Waals surface area contributed by atoms with Crippen molar-refractivity contribution in [2.24, 2.45) is 35.0 Å². The number of fused-ring (bicyclic) bond motifs is 1. The summed E-state index contributed by atoms with van der Waals surface area (Å²) in [6.45, 7) is 9.27. The van der Waals surface area contributed by atoms with Gasteiger partial charge < -0.3 is 5.11 Å². The topological polar surface area (TPSA) is 20.2 Å². The van der Waals surface area contributed by atoms with Gasteiger partial charge in [-0.25, -0.2) is 0 Å². The number of hydrogen-bond acceptors (Lipinski definition) is 1. The van der Waals surface area contributed by atoms with Gasteiger partial charge in [-0.2, -0.15) is 0 Å². The van der Waals surface area contributed by atoms with Crippen molar-refractivity contribution in [3.8, 4) is 0 Å². The Morgan fingerprint density at radius 3 is 2.50 bits per heavy atom. The summed E-state index contributed by atoms with van der Waals surface area (Å²) >= 11 is 0. The van der Waals surface area contributed by atoms with E-state index in [1.165, 1.54) is 19.3 Å². The van der Waals surface area contributed by atoms with E-state index < -0.39 is 0 Å². The average Bonchev–Trinajstić information content (AvgIpc) is 2.79. The van der Waals surface area contributed by atoms with Crippen molar-refractivity contribution < 1.29 is 5.11 Å². The first kappa shape index (κ1) is 11.1. The quantitative estimate of drug-likeness (QED) is 0.720. The summed E-state index contributed by atoms with van der Waals surface area (Å²) in [7, 11) is 0. The van der Waals surface area contributed by atoms with E-state index in [0.29, 0.717) is 11.3 Å². The Kier molecular flexibility index (Phi) is 2.11. The maximum atomic E-state index is 10.5. The maximum absolute atomic E-state index is 10.5. The van der Waals surface area contributed by atoms with Crippen LogP contribution in [-0.2, 0) is 0 Å². The molecule has 0 aliphatic heterocycles. The summed E-state index contributed by atoms with van der Waals surface area (Å²) in [6, 6.07) is 0. The fourth-order valence-electron chi connectivity index (χ4n) is 5.57. The van der Waals surface area contributed by atoms with E-state index in [1.54, 1.807) is 0 Å². The highest BCUT2D eigenvalue weighted by molar-refractivity contribution is 5.26. The van der Waals surface area contributed by atoms with Crippen LogP contribution in [0.5, 0.6) is 0 Å².